The molecule has 0 fully saturated rings. The summed E-state index contributed by atoms with van der Waals surface area (Å²) in [5.74, 6) is -1.42. The molecule has 0 aromatic heterocycles. The third-order valence-corrected chi connectivity index (χ3v) is 2.68. The number of aliphatic hydroxyl groups is 1. The number of benzene rings is 1. The Morgan fingerprint density at radius 2 is 1.85 bits per heavy atom. The van der Waals surface area contributed by atoms with Gasteiger partial charge in [0, 0.05) is 6.08 Å². The van der Waals surface area contributed by atoms with E-state index in [2.05, 4.69) is 5.32 Å². The van der Waals surface area contributed by atoms with Crippen molar-refractivity contribution in [1.29, 1.82) is 0 Å². The first kappa shape index (κ1) is 15.9. The number of carbonyl (C=O) groups excluding carboxylic acids is 2. The molecule has 6 nitrogen and oxygen atoms in total. The smallest absolute Gasteiger partial charge is 0.268 e. The lowest BCUT2D eigenvalue weighted by atomic mass is 10.1. The molecule has 0 aliphatic heterocycles. The van der Waals surface area contributed by atoms with Crippen LogP contribution in [0.5, 0.6) is 0 Å². The van der Waals surface area contributed by atoms with Crippen molar-refractivity contribution in [2.24, 2.45) is 0 Å². The number of hydroxylamine groups is 1. The summed E-state index contributed by atoms with van der Waals surface area (Å²) in [6.45, 7) is 3.30. The zero-order chi connectivity index (χ0) is 15.1. The molecule has 1 aromatic rings. The van der Waals surface area contributed by atoms with E-state index in [1.54, 1.807) is 6.08 Å². The Morgan fingerprint density at radius 1 is 1.25 bits per heavy atom. The highest BCUT2D eigenvalue weighted by atomic mass is 16.5. The second-order valence-corrected chi connectivity index (χ2v) is 4.45. The fourth-order valence-electron chi connectivity index (χ4n) is 1.53. The maximum Gasteiger partial charge on any atom is 0.268 e. The van der Waals surface area contributed by atoms with Crippen molar-refractivity contribution in [2.45, 2.75) is 26.0 Å². The summed E-state index contributed by atoms with van der Waals surface area (Å²) in [5.41, 5.74) is 3.34. The molecule has 0 radical (unpaired) electrons. The lowest BCUT2D eigenvalue weighted by Crippen LogP contribution is -2.51. The van der Waals surface area contributed by atoms with E-state index in [4.69, 9.17) is 5.21 Å². The Kier molecular flexibility index (Phi) is 5.89. The first-order chi connectivity index (χ1) is 9.43. The van der Waals surface area contributed by atoms with Crippen molar-refractivity contribution in [1.82, 2.24) is 10.8 Å². The van der Waals surface area contributed by atoms with Crippen LogP contribution in [0, 0.1) is 6.92 Å². The highest BCUT2D eigenvalue weighted by Gasteiger charge is 2.24. The van der Waals surface area contributed by atoms with E-state index in [0.717, 1.165) is 11.1 Å². The van der Waals surface area contributed by atoms with E-state index in [-0.39, 0.29) is 0 Å². The van der Waals surface area contributed by atoms with Gasteiger partial charge in [-0.1, -0.05) is 29.8 Å². The number of aliphatic hydroxyl groups excluding tert-OH is 1. The summed E-state index contributed by atoms with van der Waals surface area (Å²) in [4.78, 5) is 22.9. The van der Waals surface area contributed by atoms with Crippen LogP contribution < -0.4 is 10.8 Å². The number of carbonyl (C=O) groups is 2. The summed E-state index contributed by atoms with van der Waals surface area (Å²) in [6.07, 6.45) is 1.72. The van der Waals surface area contributed by atoms with Crippen molar-refractivity contribution in [3.63, 3.8) is 0 Å². The number of hydrogen-bond donors (Lipinski definition) is 4. The van der Waals surface area contributed by atoms with E-state index in [9.17, 15) is 14.7 Å². The van der Waals surface area contributed by atoms with Crippen LogP contribution in [0.25, 0.3) is 6.08 Å². The quantitative estimate of drug-likeness (QED) is 0.355. The second-order valence-electron chi connectivity index (χ2n) is 4.45. The van der Waals surface area contributed by atoms with E-state index in [1.165, 1.54) is 18.5 Å². The van der Waals surface area contributed by atoms with Gasteiger partial charge in [-0.15, -0.1) is 0 Å². The van der Waals surface area contributed by atoms with Crippen LogP contribution in [0.3, 0.4) is 0 Å². The molecule has 0 saturated carbocycles. The van der Waals surface area contributed by atoms with Gasteiger partial charge in [-0.2, -0.15) is 0 Å². The zero-order valence-corrected chi connectivity index (χ0v) is 11.3. The third-order valence-electron chi connectivity index (χ3n) is 2.68. The highest BCUT2D eigenvalue weighted by Crippen LogP contribution is 2.04. The normalized spacial score (nSPS) is 13.8. The predicted octanol–water partition coefficient (Wildman–Crippen LogP) is 0.379. The second kappa shape index (κ2) is 7.42. The lowest BCUT2D eigenvalue weighted by molar-refractivity contribution is -0.136. The van der Waals surface area contributed by atoms with Crippen molar-refractivity contribution in [3.05, 3.63) is 41.5 Å². The van der Waals surface area contributed by atoms with Crippen LogP contribution in [0.15, 0.2) is 30.3 Å². The van der Waals surface area contributed by atoms with Crippen LogP contribution in [0.1, 0.15) is 18.1 Å². The molecule has 0 spiro atoms. The fourth-order valence-corrected chi connectivity index (χ4v) is 1.53. The molecule has 0 unspecified atom stereocenters. The van der Waals surface area contributed by atoms with Crippen LogP contribution in [0.2, 0.25) is 0 Å². The zero-order valence-electron chi connectivity index (χ0n) is 11.3. The average molecular weight is 278 g/mol. The van der Waals surface area contributed by atoms with Crippen LogP contribution in [0.4, 0.5) is 0 Å². The maximum atomic E-state index is 11.6. The Hall–Kier alpha value is -2.18. The van der Waals surface area contributed by atoms with E-state index in [1.807, 2.05) is 31.2 Å². The predicted molar refractivity (Wildman–Crippen MR) is 73.8 cm³/mol. The molecule has 2 atom stereocenters. The molecular weight excluding hydrogens is 260 g/mol. The van der Waals surface area contributed by atoms with Crippen molar-refractivity contribution < 1.29 is 19.9 Å². The first-order valence-electron chi connectivity index (χ1n) is 6.11. The molecule has 0 bridgehead atoms. The number of amides is 2. The molecule has 0 aliphatic carbocycles. The Bertz CT molecular complexity index is 494. The lowest BCUT2D eigenvalue weighted by Gasteiger charge is -2.18. The summed E-state index contributed by atoms with van der Waals surface area (Å²) < 4.78 is 0. The van der Waals surface area contributed by atoms with Gasteiger partial charge < -0.3 is 10.4 Å². The molecule has 20 heavy (non-hydrogen) atoms. The third kappa shape index (κ3) is 4.83. The molecule has 4 N–H and O–H groups in total. The van der Waals surface area contributed by atoms with Gasteiger partial charge in [0.05, 0.1) is 6.10 Å². The Morgan fingerprint density at radius 3 is 2.35 bits per heavy atom. The highest BCUT2D eigenvalue weighted by molar-refractivity contribution is 5.95. The van der Waals surface area contributed by atoms with Gasteiger partial charge in [-0.05, 0) is 25.5 Å². The molecule has 0 heterocycles. The molecular formula is C14H18N2O4. The largest absolute Gasteiger partial charge is 0.391 e. The maximum absolute atomic E-state index is 11.6. The molecule has 108 valence electrons. The van der Waals surface area contributed by atoms with Gasteiger partial charge in [0.1, 0.15) is 6.04 Å². The Balaban J connectivity index is 2.66. The Labute approximate surface area is 117 Å². The minimum Gasteiger partial charge on any atom is -0.391 e. The molecule has 2 amide bonds. The number of nitrogens with one attached hydrogen (secondary N) is 2. The SMILES string of the molecule is Cc1ccc(C=CC(=O)N[C@H](C(=O)NO)[C@@H](C)O)cc1. The summed E-state index contributed by atoms with van der Waals surface area (Å²) >= 11 is 0. The average Bonchev–Trinajstić information content (AvgIpc) is 2.43. The molecule has 0 aliphatic rings. The summed E-state index contributed by atoms with van der Waals surface area (Å²) in [5, 5.41) is 20.2. The van der Waals surface area contributed by atoms with Gasteiger partial charge >= 0.3 is 0 Å². The van der Waals surface area contributed by atoms with Gasteiger partial charge in [-0.25, -0.2) is 5.48 Å². The molecule has 0 saturated heterocycles. The number of hydrogen-bond acceptors (Lipinski definition) is 4. The standard InChI is InChI=1S/C14H18N2O4/c1-9-3-5-11(6-4-9)7-8-12(18)15-13(10(2)17)14(19)16-20/h3-8,10,13,17,20H,1-2H3,(H,15,18)(H,16,19)/t10-,13+/m1/s1. The molecule has 1 aromatic carbocycles. The van der Waals surface area contributed by atoms with Gasteiger partial charge in [0.25, 0.3) is 5.91 Å². The van der Waals surface area contributed by atoms with E-state index in [0.29, 0.717) is 0 Å². The molecule has 6 heteroatoms. The van der Waals surface area contributed by atoms with Crippen LogP contribution in [-0.2, 0) is 9.59 Å². The van der Waals surface area contributed by atoms with Gasteiger partial charge in [0.15, 0.2) is 0 Å². The fraction of sp³-hybridized carbons (Fsp3) is 0.286. The first-order valence-corrected chi connectivity index (χ1v) is 6.11. The minimum absolute atomic E-state index is 0.542. The minimum atomic E-state index is -1.21. The van der Waals surface area contributed by atoms with Crippen molar-refractivity contribution in [3.8, 4) is 0 Å². The number of aryl methyl sites for hydroxylation is 1. The topological polar surface area (TPSA) is 98.7 Å². The van der Waals surface area contributed by atoms with Crippen LogP contribution >= 0.6 is 0 Å². The summed E-state index contributed by atoms with van der Waals surface area (Å²) in [6, 6.07) is 6.32. The van der Waals surface area contributed by atoms with Crippen molar-refractivity contribution >= 4 is 17.9 Å². The van der Waals surface area contributed by atoms with E-state index >= 15 is 0 Å². The summed E-state index contributed by atoms with van der Waals surface area (Å²) in [7, 11) is 0. The van der Waals surface area contributed by atoms with E-state index < -0.39 is 24.0 Å². The van der Waals surface area contributed by atoms with Crippen LogP contribution in [-0.4, -0.2) is 34.3 Å². The van der Waals surface area contributed by atoms with Crippen molar-refractivity contribution in [2.75, 3.05) is 0 Å². The monoisotopic (exact) mass is 278 g/mol. The number of rotatable bonds is 5. The van der Waals surface area contributed by atoms with Gasteiger partial charge in [-0.3, -0.25) is 14.8 Å². The van der Waals surface area contributed by atoms with Gasteiger partial charge in [0.2, 0.25) is 5.91 Å². The molecule has 1 rings (SSSR count).